The molecule has 2 atom stereocenters. The Kier molecular flexibility index (Phi) is 4.26. The first-order chi connectivity index (χ1) is 10.3. The molecule has 110 valence electrons. The Labute approximate surface area is 127 Å². The lowest BCUT2D eigenvalue weighted by Gasteiger charge is -2.25. The summed E-state index contributed by atoms with van der Waals surface area (Å²) in [7, 11) is 0. The second-order valence-electron chi connectivity index (χ2n) is 5.80. The predicted molar refractivity (Wildman–Crippen MR) is 86.9 cm³/mol. The summed E-state index contributed by atoms with van der Waals surface area (Å²) < 4.78 is 5.88. The molecule has 2 heteroatoms. The molecule has 21 heavy (non-hydrogen) atoms. The lowest BCUT2D eigenvalue weighted by molar-refractivity contribution is 0.299. The third kappa shape index (κ3) is 2.96. The summed E-state index contributed by atoms with van der Waals surface area (Å²) in [5.74, 6) is 1.42. The van der Waals surface area contributed by atoms with E-state index in [0.717, 1.165) is 25.3 Å². The van der Waals surface area contributed by atoms with Gasteiger partial charge in [0.2, 0.25) is 0 Å². The molecule has 0 bridgehead atoms. The van der Waals surface area contributed by atoms with Crippen molar-refractivity contribution in [2.24, 2.45) is 0 Å². The summed E-state index contributed by atoms with van der Waals surface area (Å²) in [5, 5.41) is 3.71. The van der Waals surface area contributed by atoms with E-state index in [0.29, 0.717) is 12.0 Å². The van der Waals surface area contributed by atoms with Crippen LogP contribution >= 0.6 is 0 Å². The maximum Gasteiger partial charge on any atom is 0.122 e. The molecule has 0 amide bonds. The second kappa shape index (κ2) is 6.31. The number of hydrogen-bond donors (Lipinski definition) is 1. The molecule has 2 unspecified atom stereocenters. The molecular formula is C19H23NO. The van der Waals surface area contributed by atoms with Crippen LogP contribution in [0.4, 0.5) is 0 Å². The van der Waals surface area contributed by atoms with E-state index in [9.17, 15) is 0 Å². The van der Waals surface area contributed by atoms with Gasteiger partial charge in [0.25, 0.3) is 0 Å². The van der Waals surface area contributed by atoms with Crippen LogP contribution in [0.1, 0.15) is 42.0 Å². The molecule has 0 spiro atoms. The molecule has 0 aliphatic carbocycles. The summed E-state index contributed by atoms with van der Waals surface area (Å²) in [6.07, 6.45) is 1.14. The molecule has 0 radical (unpaired) electrons. The monoisotopic (exact) mass is 281 g/mol. The average Bonchev–Trinajstić information content (AvgIpc) is 2.93. The Morgan fingerprint density at radius 2 is 1.90 bits per heavy atom. The minimum absolute atomic E-state index is 0.314. The third-order valence-electron chi connectivity index (χ3n) is 4.19. The van der Waals surface area contributed by atoms with Gasteiger partial charge in [-0.2, -0.15) is 0 Å². The van der Waals surface area contributed by atoms with Crippen LogP contribution in [-0.4, -0.2) is 13.2 Å². The molecule has 2 nitrogen and oxygen atoms in total. The van der Waals surface area contributed by atoms with Crippen LogP contribution in [0.2, 0.25) is 0 Å². The maximum atomic E-state index is 5.88. The summed E-state index contributed by atoms with van der Waals surface area (Å²) in [6.45, 7) is 6.12. The highest BCUT2D eigenvalue weighted by Crippen LogP contribution is 2.41. The van der Waals surface area contributed by atoms with Gasteiger partial charge in [-0.3, -0.25) is 0 Å². The molecule has 0 saturated carbocycles. The van der Waals surface area contributed by atoms with E-state index >= 15 is 0 Å². The minimum Gasteiger partial charge on any atom is -0.493 e. The number of hydrogen-bond acceptors (Lipinski definition) is 2. The Balaban J connectivity index is 1.91. The van der Waals surface area contributed by atoms with Gasteiger partial charge in [-0.25, -0.2) is 0 Å². The highest BCUT2D eigenvalue weighted by molar-refractivity contribution is 5.42. The highest BCUT2D eigenvalue weighted by atomic mass is 16.5. The Bertz CT molecular complexity index is 591. The fourth-order valence-corrected chi connectivity index (χ4v) is 3.03. The van der Waals surface area contributed by atoms with E-state index in [1.807, 2.05) is 6.07 Å². The van der Waals surface area contributed by atoms with Crippen LogP contribution in [0.5, 0.6) is 5.75 Å². The molecule has 0 aromatic heterocycles. The lowest BCUT2D eigenvalue weighted by atomic mass is 9.88. The number of aryl methyl sites for hydroxylation is 1. The third-order valence-corrected chi connectivity index (χ3v) is 4.19. The van der Waals surface area contributed by atoms with Gasteiger partial charge < -0.3 is 10.1 Å². The first-order valence-corrected chi connectivity index (χ1v) is 7.81. The first-order valence-electron chi connectivity index (χ1n) is 7.81. The molecule has 1 aliphatic heterocycles. The maximum absolute atomic E-state index is 5.88. The van der Waals surface area contributed by atoms with Crippen molar-refractivity contribution < 1.29 is 4.74 Å². The topological polar surface area (TPSA) is 21.3 Å². The van der Waals surface area contributed by atoms with Crippen molar-refractivity contribution in [1.29, 1.82) is 0 Å². The molecule has 0 saturated heterocycles. The van der Waals surface area contributed by atoms with Gasteiger partial charge in [0.15, 0.2) is 0 Å². The molecule has 0 fully saturated rings. The lowest BCUT2D eigenvalue weighted by Crippen LogP contribution is -2.28. The van der Waals surface area contributed by atoms with Crippen LogP contribution < -0.4 is 10.1 Å². The average molecular weight is 281 g/mol. The van der Waals surface area contributed by atoms with Gasteiger partial charge in [-0.05, 0) is 31.5 Å². The fourth-order valence-electron chi connectivity index (χ4n) is 3.03. The van der Waals surface area contributed by atoms with Crippen molar-refractivity contribution in [1.82, 2.24) is 5.32 Å². The predicted octanol–water partition coefficient (Wildman–Crippen LogP) is 4.21. The Morgan fingerprint density at radius 3 is 2.67 bits per heavy atom. The first kappa shape index (κ1) is 14.2. The van der Waals surface area contributed by atoms with Gasteiger partial charge in [0.05, 0.1) is 6.61 Å². The molecule has 2 aromatic carbocycles. The SMILES string of the molecule is CCCNC(c1ccc(C)cc1)C1COc2ccccc21. The quantitative estimate of drug-likeness (QED) is 0.886. The number of ether oxygens (including phenoxy) is 1. The smallest absolute Gasteiger partial charge is 0.122 e. The van der Waals surface area contributed by atoms with Crippen molar-refractivity contribution >= 4 is 0 Å². The van der Waals surface area contributed by atoms with Crippen molar-refractivity contribution in [2.45, 2.75) is 32.2 Å². The van der Waals surface area contributed by atoms with E-state index in [4.69, 9.17) is 4.74 Å². The molecule has 1 N–H and O–H groups in total. The number of benzene rings is 2. The van der Waals surface area contributed by atoms with Crippen LogP contribution in [0, 0.1) is 6.92 Å². The molecule has 1 aliphatic rings. The van der Waals surface area contributed by atoms with Gasteiger partial charge in [0, 0.05) is 17.5 Å². The van der Waals surface area contributed by atoms with E-state index in [1.165, 1.54) is 16.7 Å². The number of fused-ring (bicyclic) bond motifs is 1. The molecule has 2 aromatic rings. The molecular weight excluding hydrogens is 258 g/mol. The van der Waals surface area contributed by atoms with Crippen LogP contribution in [-0.2, 0) is 0 Å². The summed E-state index contributed by atoms with van der Waals surface area (Å²) in [5.41, 5.74) is 3.97. The van der Waals surface area contributed by atoms with E-state index in [1.54, 1.807) is 0 Å². The van der Waals surface area contributed by atoms with Gasteiger partial charge in [0.1, 0.15) is 5.75 Å². The van der Waals surface area contributed by atoms with E-state index in [2.05, 4.69) is 61.6 Å². The van der Waals surface area contributed by atoms with Crippen LogP contribution in [0.15, 0.2) is 48.5 Å². The Hall–Kier alpha value is -1.80. The number of para-hydroxylation sites is 1. The molecule has 1 heterocycles. The fraction of sp³-hybridized carbons (Fsp3) is 0.368. The largest absolute Gasteiger partial charge is 0.493 e. The molecule has 3 rings (SSSR count). The summed E-state index contributed by atoms with van der Waals surface area (Å²) in [6, 6.07) is 17.6. The van der Waals surface area contributed by atoms with Crippen molar-refractivity contribution in [3.05, 3.63) is 65.2 Å². The number of rotatable bonds is 5. The zero-order valence-corrected chi connectivity index (χ0v) is 12.8. The second-order valence-corrected chi connectivity index (χ2v) is 5.80. The van der Waals surface area contributed by atoms with E-state index < -0.39 is 0 Å². The number of nitrogens with one attached hydrogen (secondary N) is 1. The van der Waals surface area contributed by atoms with Crippen LogP contribution in [0.3, 0.4) is 0 Å². The van der Waals surface area contributed by atoms with Gasteiger partial charge in [-0.15, -0.1) is 0 Å². The van der Waals surface area contributed by atoms with Crippen molar-refractivity contribution in [3.63, 3.8) is 0 Å². The zero-order chi connectivity index (χ0) is 14.7. The van der Waals surface area contributed by atoms with Gasteiger partial charge in [-0.1, -0.05) is 55.0 Å². The van der Waals surface area contributed by atoms with Crippen molar-refractivity contribution in [3.8, 4) is 5.75 Å². The summed E-state index contributed by atoms with van der Waals surface area (Å²) in [4.78, 5) is 0. The van der Waals surface area contributed by atoms with E-state index in [-0.39, 0.29) is 0 Å². The van der Waals surface area contributed by atoms with Gasteiger partial charge >= 0.3 is 0 Å². The Morgan fingerprint density at radius 1 is 1.14 bits per heavy atom. The van der Waals surface area contributed by atoms with Crippen LogP contribution in [0.25, 0.3) is 0 Å². The van der Waals surface area contributed by atoms with Crippen molar-refractivity contribution in [2.75, 3.05) is 13.2 Å². The zero-order valence-electron chi connectivity index (χ0n) is 12.8. The summed E-state index contributed by atoms with van der Waals surface area (Å²) >= 11 is 0. The highest BCUT2D eigenvalue weighted by Gasteiger charge is 2.31. The standard InChI is InChI=1S/C19H23NO/c1-3-12-20-19(15-10-8-14(2)9-11-15)17-13-21-18-7-5-4-6-16(17)18/h4-11,17,19-20H,3,12-13H2,1-2H3. The normalized spacial score (nSPS) is 18.1. The minimum atomic E-state index is 0.314.